The molecule has 37 heavy (non-hydrogen) atoms. The fraction of sp³-hybridized carbons (Fsp3) is 0.207. The molecule has 0 saturated heterocycles. The largest absolute Gasteiger partial charge is 0.494 e. The summed E-state index contributed by atoms with van der Waals surface area (Å²) in [6.07, 6.45) is 1.55. The van der Waals surface area contributed by atoms with Gasteiger partial charge in [-0.2, -0.15) is 5.26 Å². The number of carbonyl (C=O) groups is 1. The Morgan fingerprint density at radius 2 is 1.70 bits per heavy atom. The Labute approximate surface area is 215 Å². The van der Waals surface area contributed by atoms with Crippen molar-refractivity contribution in [1.29, 1.82) is 5.26 Å². The Morgan fingerprint density at radius 3 is 2.32 bits per heavy atom. The van der Waals surface area contributed by atoms with Crippen molar-refractivity contribution in [3.63, 3.8) is 0 Å². The molecule has 8 nitrogen and oxygen atoms in total. The highest BCUT2D eigenvalue weighted by Crippen LogP contribution is 2.25. The van der Waals surface area contributed by atoms with Crippen molar-refractivity contribution in [3.05, 3.63) is 99.2 Å². The average molecular weight is 496 g/mol. The van der Waals surface area contributed by atoms with Crippen LogP contribution in [0.5, 0.6) is 5.75 Å². The number of para-hydroxylation sites is 1. The van der Waals surface area contributed by atoms with Gasteiger partial charge in [-0.25, -0.2) is 4.68 Å². The SMILES string of the molecule is CCOc1ccc(-n2c(C)cc(/C=C(\C#N)C(=O)Nc3c(C)n(C)n(-c4ccccc4)c3=O)c2C)cc1. The van der Waals surface area contributed by atoms with Gasteiger partial charge in [0.2, 0.25) is 0 Å². The number of nitrogens with one attached hydrogen (secondary N) is 1. The lowest BCUT2D eigenvalue weighted by Gasteiger charge is -2.11. The lowest BCUT2D eigenvalue weighted by molar-refractivity contribution is -0.112. The third-order valence-electron chi connectivity index (χ3n) is 6.33. The van der Waals surface area contributed by atoms with Crippen LogP contribution in [0.25, 0.3) is 17.5 Å². The molecule has 0 saturated carbocycles. The number of carbonyl (C=O) groups excluding carboxylic acids is 1. The molecule has 4 aromatic rings. The summed E-state index contributed by atoms with van der Waals surface area (Å²) in [6, 6.07) is 20.8. The Morgan fingerprint density at radius 1 is 1.03 bits per heavy atom. The zero-order valence-electron chi connectivity index (χ0n) is 21.6. The Kier molecular flexibility index (Phi) is 7.16. The van der Waals surface area contributed by atoms with Crippen molar-refractivity contribution in [3.8, 4) is 23.2 Å². The number of benzene rings is 2. The first-order chi connectivity index (χ1) is 17.8. The summed E-state index contributed by atoms with van der Waals surface area (Å²) in [4.78, 5) is 26.3. The first-order valence-corrected chi connectivity index (χ1v) is 12.0. The highest BCUT2D eigenvalue weighted by atomic mass is 16.5. The normalized spacial score (nSPS) is 11.3. The molecule has 0 atom stereocenters. The zero-order chi connectivity index (χ0) is 26.7. The molecule has 188 valence electrons. The van der Waals surface area contributed by atoms with E-state index in [0.29, 0.717) is 18.0 Å². The first-order valence-electron chi connectivity index (χ1n) is 12.0. The molecular formula is C29H29N5O3. The molecule has 2 heterocycles. The van der Waals surface area contributed by atoms with Gasteiger partial charge in [-0.1, -0.05) is 18.2 Å². The minimum atomic E-state index is -0.639. The van der Waals surface area contributed by atoms with E-state index in [-0.39, 0.29) is 16.8 Å². The number of hydrogen-bond acceptors (Lipinski definition) is 4. The number of nitriles is 1. The van der Waals surface area contributed by atoms with Gasteiger partial charge in [0.25, 0.3) is 11.5 Å². The van der Waals surface area contributed by atoms with Crippen LogP contribution in [0, 0.1) is 32.1 Å². The number of amides is 1. The number of aromatic nitrogens is 3. The molecule has 1 amide bonds. The molecule has 1 N–H and O–H groups in total. The number of ether oxygens (including phenoxy) is 1. The van der Waals surface area contributed by atoms with Crippen LogP contribution in [0.4, 0.5) is 5.69 Å². The quantitative estimate of drug-likeness (QED) is 0.293. The van der Waals surface area contributed by atoms with E-state index in [9.17, 15) is 14.9 Å². The van der Waals surface area contributed by atoms with Crippen LogP contribution in [-0.4, -0.2) is 26.4 Å². The number of aryl methyl sites for hydroxylation is 1. The van der Waals surface area contributed by atoms with Crippen LogP contribution < -0.4 is 15.6 Å². The minimum Gasteiger partial charge on any atom is -0.494 e. The monoisotopic (exact) mass is 495 g/mol. The van der Waals surface area contributed by atoms with E-state index in [1.165, 1.54) is 4.68 Å². The minimum absolute atomic E-state index is 0.0964. The Balaban J connectivity index is 1.65. The smallest absolute Gasteiger partial charge is 0.295 e. The van der Waals surface area contributed by atoms with Crippen LogP contribution in [-0.2, 0) is 11.8 Å². The van der Waals surface area contributed by atoms with E-state index >= 15 is 0 Å². The zero-order valence-corrected chi connectivity index (χ0v) is 21.6. The highest BCUT2D eigenvalue weighted by molar-refractivity contribution is 6.10. The van der Waals surface area contributed by atoms with E-state index < -0.39 is 5.91 Å². The fourth-order valence-corrected chi connectivity index (χ4v) is 4.39. The lowest BCUT2D eigenvalue weighted by atomic mass is 10.1. The van der Waals surface area contributed by atoms with E-state index in [1.807, 2.05) is 92.1 Å². The van der Waals surface area contributed by atoms with Gasteiger partial charge in [-0.15, -0.1) is 0 Å². The molecule has 0 fully saturated rings. The predicted molar refractivity (Wildman–Crippen MR) is 144 cm³/mol. The molecule has 0 aliphatic heterocycles. The molecule has 0 radical (unpaired) electrons. The van der Waals surface area contributed by atoms with Gasteiger partial charge in [0.15, 0.2) is 0 Å². The van der Waals surface area contributed by atoms with E-state index in [4.69, 9.17) is 4.74 Å². The molecule has 2 aromatic heterocycles. The van der Waals surface area contributed by atoms with Gasteiger partial charge in [0, 0.05) is 24.1 Å². The molecular weight excluding hydrogens is 466 g/mol. The second-order valence-electron chi connectivity index (χ2n) is 8.65. The van der Waals surface area contributed by atoms with Crippen LogP contribution in [0.3, 0.4) is 0 Å². The molecule has 0 aliphatic rings. The van der Waals surface area contributed by atoms with Gasteiger partial charge in [0.1, 0.15) is 23.1 Å². The molecule has 2 aromatic carbocycles. The second kappa shape index (κ2) is 10.5. The maximum absolute atomic E-state index is 13.2. The van der Waals surface area contributed by atoms with E-state index in [1.54, 1.807) is 24.7 Å². The summed E-state index contributed by atoms with van der Waals surface area (Å²) in [5.41, 5.74) is 4.44. The topological polar surface area (TPSA) is 94.0 Å². The summed E-state index contributed by atoms with van der Waals surface area (Å²) in [6.45, 7) is 8.18. The number of nitrogens with zero attached hydrogens (tertiary/aromatic N) is 4. The summed E-state index contributed by atoms with van der Waals surface area (Å²) < 4.78 is 10.7. The van der Waals surface area contributed by atoms with E-state index in [0.717, 1.165) is 28.4 Å². The van der Waals surface area contributed by atoms with Crippen LogP contribution >= 0.6 is 0 Å². The van der Waals surface area contributed by atoms with Gasteiger partial charge in [0.05, 0.1) is 18.0 Å². The summed E-state index contributed by atoms with van der Waals surface area (Å²) in [7, 11) is 1.75. The fourth-order valence-electron chi connectivity index (χ4n) is 4.39. The predicted octanol–water partition coefficient (Wildman–Crippen LogP) is 4.84. The Hall–Kier alpha value is -4.77. The van der Waals surface area contributed by atoms with Crippen molar-refractivity contribution in [2.45, 2.75) is 27.7 Å². The van der Waals surface area contributed by atoms with Crippen molar-refractivity contribution >= 4 is 17.7 Å². The maximum Gasteiger partial charge on any atom is 0.295 e. The summed E-state index contributed by atoms with van der Waals surface area (Å²) in [5.74, 6) is 0.152. The van der Waals surface area contributed by atoms with Gasteiger partial charge >= 0.3 is 0 Å². The Bertz CT molecular complexity index is 1580. The van der Waals surface area contributed by atoms with Crippen LogP contribution in [0.2, 0.25) is 0 Å². The average Bonchev–Trinajstić information content (AvgIpc) is 3.29. The van der Waals surface area contributed by atoms with E-state index in [2.05, 4.69) is 5.32 Å². The number of rotatable bonds is 7. The van der Waals surface area contributed by atoms with Crippen molar-refractivity contribution in [2.75, 3.05) is 11.9 Å². The van der Waals surface area contributed by atoms with Gasteiger partial charge in [-0.3, -0.25) is 14.3 Å². The standard InChI is InChI=1S/C29H29N5O3/c1-6-37-26-14-12-24(13-15-26)33-19(2)16-22(20(33)3)17-23(18-30)28(35)31-27-21(4)32(5)34(29(27)36)25-10-8-7-9-11-25/h7-17H,6H2,1-5H3,(H,31,35)/b23-17+. The van der Waals surface area contributed by atoms with Crippen LogP contribution in [0.15, 0.2) is 71.0 Å². The third-order valence-corrected chi connectivity index (χ3v) is 6.33. The molecule has 0 aliphatic carbocycles. The molecule has 0 unspecified atom stereocenters. The van der Waals surface area contributed by atoms with Gasteiger partial charge < -0.3 is 14.6 Å². The lowest BCUT2D eigenvalue weighted by Crippen LogP contribution is -2.23. The molecule has 0 bridgehead atoms. The molecule has 4 rings (SSSR count). The van der Waals surface area contributed by atoms with Crippen LogP contribution in [0.1, 0.15) is 29.6 Å². The molecule has 8 heteroatoms. The first kappa shape index (κ1) is 25.3. The van der Waals surface area contributed by atoms with Crippen molar-refractivity contribution in [2.24, 2.45) is 7.05 Å². The van der Waals surface area contributed by atoms with Crippen molar-refractivity contribution in [1.82, 2.24) is 13.9 Å². The highest BCUT2D eigenvalue weighted by Gasteiger charge is 2.20. The van der Waals surface area contributed by atoms with Gasteiger partial charge in [-0.05, 0) is 81.8 Å². The molecule has 0 spiro atoms. The second-order valence-corrected chi connectivity index (χ2v) is 8.65. The summed E-state index contributed by atoms with van der Waals surface area (Å²) in [5, 5.41) is 12.5. The third kappa shape index (κ3) is 4.84. The number of anilines is 1. The number of hydrogen-bond donors (Lipinski definition) is 1. The maximum atomic E-state index is 13.2. The van der Waals surface area contributed by atoms with Crippen molar-refractivity contribution < 1.29 is 9.53 Å². The summed E-state index contributed by atoms with van der Waals surface area (Å²) >= 11 is 0.